The number of hydrogen-bond acceptors (Lipinski definition) is 4. The molecule has 0 radical (unpaired) electrons. The van der Waals surface area contributed by atoms with Crippen LogP contribution in [0.3, 0.4) is 0 Å². The molecule has 1 rings (SSSR count). The summed E-state index contributed by atoms with van der Waals surface area (Å²) in [5.41, 5.74) is 0. The molecule has 5 heteroatoms. The molecule has 0 aromatic rings. The number of hydrogen-bond donors (Lipinski definition) is 1. The van der Waals surface area contributed by atoms with Crippen LogP contribution >= 0.6 is 0 Å². The number of carbonyl (C=O) groups excluding carboxylic acids is 1. The van der Waals surface area contributed by atoms with Crippen LogP contribution in [0.5, 0.6) is 0 Å². The lowest BCUT2D eigenvalue weighted by Gasteiger charge is -2.04. The lowest BCUT2D eigenvalue weighted by molar-refractivity contribution is -0.146. The third-order valence-corrected chi connectivity index (χ3v) is 4.71. The third kappa shape index (κ3) is 11.2. The van der Waals surface area contributed by atoms with E-state index in [-0.39, 0.29) is 0 Å². The second-order valence-electron chi connectivity index (χ2n) is 7.08. The van der Waals surface area contributed by atoms with Crippen LogP contribution in [0.2, 0.25) is 0 Å². The second-order valence-corrected chi connectivity index (χ2v) is 7.08. The van der Waals surface area contributed by atoms with Crippen molar-refractivity contribution in [3.05, 3.63) is 0 Å². The van der Waals surface area contributed by atoms with E-state index in [0.717, 1.165) is 12.8 Å². The molecule has 2 unspecified atom stereocenters. The number of carboxylic acids is 1. The van der Waals surface area contributed by atoms with E-state index < -0.39 is 24.1 Å². The average Bonchev–Trinajstić information content (AvgIpc) is 3.39. The highest BCUT2D eigenvalue weighted by Gasteiger charge is 2.51. The highest BCUT2D eigenvalue weighted by molar-refractivity contribution is 5.88. The van der Waals surface area contributed by atoms with Gasteiger partial charge in [-0.05, 0) is 6.42 Å². The monoisotopic (exact) mass is 356 g/mol. The van der Waals surface area contributed by atoms with E-state index in [9.17, 15) is 9.59 Å². The SMILES string of the molecule is CCCCCCCCCCCCCCCCOC(=O)C1OC1C(=O)O. The molecule has 1 saturated heterocycles. The number of carboxylic acid groups (broad SMARTS) is 1. The van der Waals surface area contributed by atoms with Gasteiger partial charge < -0.3 is 14.6 Å². The Balaban J connectivity index is 1.74. The molecule has 2 atom stereocenters. The van der Waals surface area contributed by atoms with Gasteiger partial charge in [-0.2, -0.15) is 0 Å². The topological polar surface area (TPSA) is 76.1 Å². The molecule has 1 heterocycles. The molecule has 0 spiro atoms. The Bertz CT molecular complexity index is 369. The van der Waals surface area contributed by atoms with Crippen LogP contribution in [0.15, 0.2) is 0 Å². The predicted octanol–water partition coefficient (Wildman–Crippen LogP) is 4.86. The lowest BCUT2D eigenvalue weighted by Crippen LogP contribution is -2.18. The number of esters is 1. The van der Waals surface area contributed by atoms with E-state index in [1.54, 1.807) is 0 Å². The first kappa shape index (κ1) is 21.9. The number of carbonyl (C=O) groups is 2. The molecule has 1 aliphatic heterocycles. The molecular formula is C20H36O5. The Hall–Kier alpha value is -1.10. The Morgan fingerprint density at radius 1 is 0.760 bits per heavy atom. The first-order valence-corrected chi connectivity index (χ1v) is 10.2. The van der Waals surface area contributed by atoms with Gasteiger partial charge in [-0.15, -0.1) is 0 Å². The average molecular weight is 357 g/mol. The van der Waals surface area contributed by atoms with Gasteiger partial charge in [0.25, 0.3) is 0 Å². The van der Waals surface area contributed by atoms with Gasteiger partial charge in [0.2, 0.25) is 0 Å². The zero-order valence-electron chi connectivity index (χ0n) is 15.8. The number of unbranched alkanes of at least 4 members (excludes halogenated alkanes) is 13. The number of rotatable bonds is 17. The zero-order valence-corrected chi connectivity index (χ0v) is 15.8. The highest BCUT2D eigenvalue weighted by atomic mass is 16.7. The summed E-state index contributed by atoms with van der Waals surface area (Å²) in [5.74, 6) is -1.64. The molecule has 146 valence electrons. The van der Waals surface area contributed by atoms with E-state index in [4.69, 9.17) is 14.6 Å². The van der Waals surface area contributed by atoms with E-state index in [1.807, 2.05) is 0 Å². The van der Waals surface area contributed by atoms with Gasteiger partial charge in [-0.3, -0.25) is 0 Å². The van der Waals surface area contributed by atoms with Crippen LogP contribution < -0.4 is 0 Å². The number of aliphatic carboxylic acids is 1. The summed E-state index contributed by atoms with van der Waals surface area (Å²) in [7, 11) is 0. The minimum absolute atomic E-state index is 0.364. The van der Waals surface area contributed by atoms with Gasteiger partial charge in [0, 0.05) is 0 Å². The van der Waals surface area contributed by atoms with Gasteiger partial charge in [-0.25, -0.2) is 9.59 Å². The van der Waals surface area contributed by atoms with Crippen molar-refractivity contribution in [3.63, 3.8) is 0 Å². The molecule has 0 bridgehead atoms. The molecule has 0 aromatic carbocycles. The van der Waals surface area contributed by atoms with E-state index in [1.165, 1.54) is 77.0 Å². The number of epoxide rings is 1. The Kier molecular flexibility index (Phi) is 12.4. The molecule has 1 aliphatic rings. The Morgan fingerprint density at radius 3 is 1.60 bits per heavy atom. The third-order valence-electron chi connectivity index (χ3n) is 4.71. The summed E-state index contributed by atoms with van der Waals surface area (Å²) in [5, 5.41) is 8.64. The molecule has 0 amide bonds. The fourth-order valence-electron chi connectivity index (χ4n) is 3.03. The molecular weight excluding hydrogens is 320 g/mol. The molecule has 25 heavy (non-hydrogen) atoms. The summed E-state index contributed by atoms with van der Waals surface area (Å²) in [6.07, 6.45) is 16.1. The lowest BCUT2D eigenvalue weighted by atomic mass is 10.0. The van der Waals surface area contributed by atoms with Crippen molar-refractivity contribution in [2.75, 3.05) is 6.61 Å². The number of ether oxygens (including phenoxy) is 2. The summed E-state index contributed by atoms with van der Waals surface area (Å²) in [4.78, 5) is 22.0. The standard InChI is InChI=1S/C20H36O5/c1-2-3-4-5-6-7-8-9-10-11-12-13-14-15-16-24-20(23)18-17(25-18)19(21)22/h17-18H,2-16H2,1H3,(H,21,22). The largest absolute Gasteiger partial charge is 0.479 e. The van der Waals surface area contributed by atoms with Gasteiger partial charge in [0.05, 0.1) is 6.61 Å². The van der Waals surface area contributed by atoms with Gasteiger partial charge in [0.15, 0.2) is 12.2 Å². The van der Waals surface area contributed by atoms with Crippen molar-refractivity contribution in [2.45, 2.75) is 109 Å². The molecule has 0 saturated carbocycles. The molecule has 0 aromatic heterocycles. The van der Waals surface area contributed by atoms with E-state index in [0.29, 0.717) is 6.61 Å². The van der Waals surface area contributed by atoms with Crippen LogP contribution in [-0.4, -0.2) is 35.9 Å². The summed E-state index contributed by atoms with van der Waals surface area (Å²) >= 11 is 0. The van der Waals surface area contributed by atoms with Crippen molar-refractivity contribution in [1.29, 1.82) is 0 Å². The fourth-order valence-corrected chi connectivity index (χ4v) is 3.03. The minimum atomic E-state index is -1.10. The predicted molar refractivity (Wildman–Crippen MR) is 97.6 cm³/mol. The highest BCUT2D eigenvalue weighted by Crippen LogP contribution is 2.23. The maximum Gasteiger partial charge on any atom is 0.338 e. The van der Waals surface area contributed by atoms with Crippen molar-refractivity contribution in [3.8, 4) is 0 Å². The van der Waals surface area contributed by atoms with Crippen LogP contribution in [-0.2, 0) is 19.1 Å². The maximum absolute atomic E-state index is 11.4. The normalized spacial score (nSPS) is 18.9. The summed E-state index contributed by atoms with van der Waals surface area (Å²) < 4.78 is 9.77. The smallest absolute Gasteiger partial charge is 0.338 e. The zero-order chi connectivity index (χ0) is 18.3. The van der Waals surface area contributed by atoms with Crippen LogP contribution in [0.25, 0.3) is 0 Å². The molecule has 1 N–H and O–H groups in total. The quantitative estimate of drug-likeness (QED) is 0.229. The molecule has 0 aliphatic carbocycles. The van der Waals surface area contributed by atoms with Crippen LogP contribution in [0.4, 0.5) is 0 Å². The minimum Gasteiger partial charge on any atom is -0.479 e. The first-order valence-electron chi connectivity index (χ1n) is 10.2. The second kappa shape index (κ2) is 14.1. The maximum atomic E-state index is 11.4. The van der Waals surface area contributed by atoms with Crippen molar-refractivity contribution < 1.29 is 24.2 Å². The van der Waals surface area contributed by atoms with E-state index >= 15 is 0 Å². The van der Waals surface area contributed by atoms with Gasteiger partial charge in [-0.1, -0.05) is 90.4 Å². The van der Waals surface area contributed by atoms with Crippen LogP contribution in [0, 0.1) is 0 Å². The summed E-state index contributed by atoms with van der Waals surface area (Å²) in [6.45, 7) is 2.62. The van der Waals surface area contributed by atoms with Gasteiger partial charge in [0.1, 0.15) is 0 Å². The van der Waals surface area contributed by atoms with E-state index in [2.05, 4.69) is 6.92 Å². The Labute approximate surface area is 152 Å². The molecule has 5 nitrogen and oxygen atoms in total. The van der Waals surface area contributed by atoms with Crippen LogP contribution in [0.1, 0.15) is 96.8 Å². The van der Waals surface area contributed by atoms with Crippen molar-refractivity contribution >= 4 is 11.9 Å². The fraction of sp³-hybridized carbons (Fsp3) is 0.900. The molecule has 1 fully saturated rings. The first-order chi connectivity index (χ1) is 12.2. The Morgan fingerprint density at radius 2 is 1.20 bits per heavy atom. The van der Waals surface area contributed by atoms with Crippen molar-refractivity contribution in [1.82, 2.24) is 0 Å². The van der Waals surface area contributed by atoms with Gasteiger partial charge >= 0.3 is 11.9 Å². The van der Waals surface area contributed by atoms with Crippen molar-refractivity contribution in [2.24, 2.45) is 0 Å². The summed E-state index contributed by atoms with van der Waals surface area (Å²) in [6, 6.07) is 0.